The molecule has 2 rings (SSSR count). The van der Waals surface area contributed by atoms with E-state index in [1.165, 1.54) is 0 Å². The highest BCUT2D eigenvalue weighted by Crippen LogP contribution is 2.56. The lowest BCUT2D eigenvalue weighted by molar-refractivity contribution is -0.165. The normalized spacial score (nSPS) is 49.8. The number of fused-ring (bicyclic) bond motifs is 1. The number of hydrogen-bond donors (Lipinski definition) is 1. The van der Waals surface area contributed by atoms with Crippen LogP contribution in [0.1, 0.15) is 39.5 Å². The van der Waals surface area contributed by atoms with Crippen molar-refractivity contribution < 1.29 is 9.90 Å². The molecule has 0 spiro atoms. The van der Waals surface area contributed by atoms with Gasteiger partial charge in [0.1, 0.15) is 5.78 Å². The van der Waals surface area contributed by atoms with Crippen LogP contribution in [-0.4, -0.2) is 17.0 Å². The van der Waals surface area contributed by atoms with Gasteiger partial charge in [0.15, 0.2) is 0 Å². The van der Waals surface area contributed by atoms with Crippen molar-refractivity contribution in [2.45, 2.75) is 45.6 Å². The van der Waals surface area contributed by atoms with Crippen LogP contribution in [0.3, 0.4) is 0 Å². The van der Waals surface area contributed by atoms with Crippen LogP contribution in [0.5, 0.6) is 0 Å². The lowest BCUT2D eigenvalue weighted by atomic mass is 9.47. The number of ketones is 1. The Hall–Kier alpha value is -0.370. The van der Waals surface area contributed by atoms with E-state index in [-0.39, 0.29) is 17.4 Å². The molecule has 0 aromatic heterocycles. The van der Waals surface area contributed by atoms with Crippen molar-refractivity contribution in [3.63, 3.8) is 0 Å². The van der Waals surface area contributed by atoms with Gasteiger partial charge in [-0.15, -0.1) is 0 Å². The first kappa shape index (κ1) is 9.20. The van der Waals surface area contributed by atoms with Gasteiger partial charge in [-0.2, -0.15) is 0 Å². The van der Waals surface area contributed by atoms with Crippen LogP contribution in [0.4, 0.5) is 0 Å². The van der Waals surface area contributed by atoms with Gasteiger partial charge < -0.3 is 5.11 Å². The van der Waals surface area contributed by atoms with E-state index in [4.69, 9.17) is 0 Å². The molecule has 0 aromatic rings. The van der Waals surface area contributed by atoms with Crippen LogP contribution in [-0.2, 0) is 4.79 Å². The second-order valence-corrected chi connectivity index (χ2v) is 4.83. The van der Waals surface area contributed by atoms with Gasteiger partial charge in [-0.25, -0.2) is 0 Å². The maximum atomic E-state index is 11.8. The fourth-order valence-corrected chi connectivity index (χ4v) is 3.22. The van der Waals surface area contributed by atoms with Crippen LogP contribution < -0.4 is 0 Å². The Morgan fingerprint density at radius 3 is 2.92 bits per heavy atom. The first-order valence-corrected chi connectivity index (χ1v) is 5.32. The lowest BCUT2D eigenvalue weighted by Gasteiger charge is -2.55. The highest BCUT2D eigenvalue weighted by Gasteiger charge is 2.59. The Morgan fingerprint density at radius 2 is 2.31 bits per heavy atom. The molecular formula is C11H18O2. The molecule has 74 valence electrons. The summed E-state index contributed by atoms with van der Waals surface area (Å²) in [6.07, 6.45) is 3.36. The predicted molar refractivity (Wildman–Crippen MR) is 50.2 cm³/mol. The van der Waals surface area contributed by atoms with Gasteiger partial charge in [0.25, 0.3) is 0 Å². The molecule has 2 nitrogen and oxygen atoms in total. The smallest absolute Gasteiger partial charge is 0.142 e. The Bertz CT molecular complexity index is 236. The molecule has 0 aromatic carbocycles. The Labute approximate surface area is 79.3 Å². The van der Waals surface area contributed by atoms with Gasteiger partial charge in [0, 0.05) is 11.3 Å². The van der Waals surface area contributed by atoms with Crippen LogP contribution in [0.2, 0.25) is 0 Å². The Morgan fingerprint density at radius 1 is 1.62 bits per heavy atom. The highest BCUT2D eigenvalue weighted by atomic mass is 16.3. The topological polar surface area (TPSA) is 37.3 Å². The molecular weight excluding hydrogens is 164 g/mol. The Kier molecular flexibility index (Phi) is 1.99. The summed E-state index contributed by atoms with van der Waals surface area (Å²) in [7, 11) is 0. The molecule has 0 heterocycles. The minimum atomic E-state index is -0.153. The number of aliphatic hydroxyl groups is 1. The molecule has 2 saturated carbocycles. The lowest BCUT2D eigenvalue weighted by Crippen LogP contribution is -2.59. The van der Waals surface area contributed by atoms with E-state index in [0.717, 1.165) is 25.7 Å². The summed E-state index contributed by atoms with van der Waals surface area (Å²) in [6.45, 7) is 4.15. The van der Waals surface area contributed by atoms with Crippen molar-refractivity contribution in [3.05, 3.63) is 0 Å². The van der Waals surface area contributed by atoms with Gasteiger partial charge in [-0.3, -0.25) is 4.79 Å². The molecule has 2 aliphatic rings. The number of rotatable bonds is 1. The standard InChI is InChI=1S/C11H18O2/c1-3-8-9-6-7(12)4-5-11(9,2)10(8)13/h7-9,12H,3-6H2,1-2H3. The monoisotopic (exact) mass is 182 g/mol. The number of carbonyl (C=O) groups excluding carboxylic acids is 1. The van der Waals surface area contributed by atoms with Crippen molar-refractivity contribution in [2.75, 3.05) is 0 Å². The maximum absolute atomic E-state index is 11.8. The average molecular weight is 182 g/mol. The molecule has 0 amide bonds. The minimum absolute atomic E-state index is 0.0695. The molecule has 0 aliphatic heterocycles. The van der Waals surface area contributed by atoms with Crippen LogP contribution >= 0.6 is 0 Å². The predicted octanol–water partition coefficient (Wildman–Crippen LogP) is 1.76. The highest BCUT2D eigenvalue weighted by molar-refractivity contribution is 5.93. The molecule has 1 N–H and O–H groups in total. The third-order valence-electron chi connectivity index (χ3n) is 4.17. The number of hydrogen-bond acceptors (Lipinski definition) is 2. The quantitative estimate of drug-likeness (QED) is 0.671. The van der Waals surface area contributed by atoms with Crippen LogP contribution in [0.15, 0.2) is 0 Å². The van der Waals surface area contributed by atoms with Crippen molar-refractivity contribution in [3.8, 4) is 0 Å². The van der Waals surface area contributed by atoms with E-state index >= 15 is 0 Å². The molecule has 2 fully saturated rings. The summed E-state index contributed by atoms with van der Waals surface area (Å²) in [4.78, 5) is 11.8. The first-order chi connectivity index (χ1) is 6.09. The maximum Gasteiger partial charge on any atom is 0.142 e. The van der Waals surface area contributed by atoms with Gasteiger partial charge in [-0.05, 0) is 31.6 Å². The summed E-state index contributed by atoms with van der Waals surface area (Å²) < 4.78 is 0. The number of carbonyl (C=O) groups is 1. The number of Topliss-reactive ketones (excluding diaryl/α,β-unsaturated/α-hetero) is 1. The third kappa shape index (κ3) is 1.08. The largest absolute Gasteiger partial charge is 0.393 e. The molecule has 0 saturated heterocycles. The van der Waals surface area contributed by atoms with Crippen molar-refractivity contribution in [2.24, 2.45) is 17.3 Å². The fourth-order valence-electron chi connectivity index (χ4n) is 3.22. The molecule has 2 aliphatic carbocycles. The van der Waals surface area contributed by atoms with Crippen molar-refractivity contribution >= 4 is 5.78 Å². The summed E-state index contributed by atoms with van der Waals surface area (Å²) in [5, 5.41) is 9.53. The fraction of sp³-hybridized carbons (Fsp3) is 0.909. The molecule has 2 heteroatoms. The van der Waals surface area contributed by atoms with Gasteiger partial charge in [0.05, 0.1) is 6.10 Å². The van der Waals surface area contributed by atoms with Crippen molar-refractivity contribution in [1.29, 1.82) is 0 Å². The van der Waals surface area contributed by atoms with Crippen LogP contribution in [0.25, 0.3) is 0 Å². The second kappa shape index (κ2) is 2.81. The third-order valence-corrected chi connectivity index (χ3v) is 4.17. The Balaban J connectivity index is 2.15. The SMILES string of the molecule is CCC1C(=O)C2(C)CCC(O)CC12. The zero-order valence-electron chi connectivity index (χ0n) is 8.42. The van der Waals surface area contributed by atoms with Crippen molar-refractivity contribution in [1.82, 2.24) is 0 Å². The first-order valence-electron chi connectivity index (χ1n) is 5.32. The average Bonchev–Trinajstić information content (AvgIpc) is 2.12. The van der Waals surface area contributed by atoms with E-state index < -0.39 is 0 Å². The molecule has 0 radical (unpaired) electrons. The summed E-state index contributed by atoms with van der Waals surface area (Å²) in [6, 6.07) is 0. The van der Waals surface area contributed by atoms with E-state index in [0.29, 0.717) is 11.7 Å². The van der Waals surface area contributed by atoms with Gasteiger partial charge in [-0.1, -0.05) is 13.8 Å². The van der Waals surface area contributed by atoms with E-state index in [1.807, 2.05) is 0 Å². The summed E-state index contributed by atoms with van der Waals surface area (Å²) in [5.74, 6) is 1.17. The van der Waals surface area contributed by atoms with E-state index in [9.17, 15) is 9.90 Å². The molecule has 4 unspecified atom stereocenters. The zero-order chi connectivity index (χ0) is 9.64. The minimum Gasteiger partial charge on any atom is -0.393 e. The van der Waals surface area contributed by atoms with Crippen LogP contribution in [0, 0.1) is 17.3 Å². The van der Waals surface area contributed by atoms with E-state index in [1.54, 1.807) is 0 Å². The second-order valence-electron chi connectivity index (χ2n) is 4.83. The molecule has 4 atom stereocenters. The summed E-state index contributed by atoms with van der Waals surface area (Å²) in [5.41, 5.74) is -0.0695. The molecule has 0 bridgehead atoms. The number of aliphatic hydroxyl groups excluding tert-OH is 1. The van der Waals surface area contributed by atoms with Gasteiger partial charge >= 0.3 is 0 Å². The summed E-state index contributed by atoms with van der Waals surface area (Å²) >= 11 is 0. The zero-order valence-corrected chi connectivity index (χ0v) is 8.42. The van der Waals surface area contributed by atoms with Gasteiger partial charge in [0.2, 0.25) is 0 Å². The molecule has 13 heavy (non-hydrogen) atoms. The van der Waals surface area contributed by atoms with E-state index in [2.05, 4.69) is 13.8 Å².